The van der Waals surface area contributed by atoms with E-state index in [1.54, 1.807) is 0 Å². The Morgan fingerprint density at radius 1 is 0.946 bits per heavy atom. The normalized spacial score (nSPS) is 18.1. The second-order valence-corrected chi connectivity index (χ2v) is 8.42. The van der Waals surface area contributed by atoms with Gasteiger partial charge in [0, 0.05) is 24.9 Å². The minimum atomic E-state index is -5.14. The molecule has 1 amide bonds. The molecule has 2 unspecified atom stereocenters. The molecule has 0 aromatic heterocycles. The Hall–Kier alpha value is -3.16. The molecule has 1 heterocycles. The van der Waals surface area contributed by atoms with Crippen LogP contribution in [-0.4, -0.2) is 35.9 Å². The van der Waals surface area contributed by atoms with E-state index in [9.17, 15) is 49.4 Å². The number of benzene rings is 2. The monoisotopic (exact) mass is 544 g/mol. The van der Waals surface area contributed by atoms with Gasteiger partial charge in [0.15, 0.2) is 0 Å². The van der Waals surface area contributed by atoms with E-state index in [-0.39, 0.29) is 36.8 Å². The molecule has 0 saturated heterocycles. The van der Waals surface area contributed by atoms with E-state index in [0.29, 0.717) is 12.1 Å². The summed E-state index contributed by atoms with van der Waals surface area (Å²) in [5.41, 5.74) is -4.73. The lowest BCUT2D eigenvalue weighted by Crippen LogP contribution is -2.41. The first kappa shape index (κ1) is 28.4. The summed E-state index contributed by atoms with van der Waals surface area (Å²) in [6, 6.07) is 1.65. The summed E-state index contributed by atoms with van der Waals surface area (Å²) >= 11 is 0. The molecule has 2 N–H and O–H groups in total. The van der Waals surface area contributed by atoms with Gasteiger partial charge in [0.25, 0.3) is 0 Å². The summed E-state index contributed by atoms with van der Waals surface area (Å²) in [5, 5.41) is 12.3. The topological polar surface area (TPSA) is 61.8 Å². The number of aliphatic hydroxyl groups is 1. The standard InChI is InChI=1S/C23H21F9N2O3/c1-37-20(36)34(11-12-6-14(22(27,28)29)8-15(7-12)23(30,31)32)19-10-16(4-5-35)33-18-3-2-13(9-17(18)19)21(24,25)26/h2-3,6-9,16,19,33,35H,4-5,10-11H2,1H3. The van der Waals surface area contributed by atoms with Crippen LogP contribution >= 0.6 is 0 Å². The maximum atomic E-state index is 13.4. The lowest BCUT2D eigenvalue weighted by molar-refractivity contribution is -0.143. The number of alkyl halides is 9. The van der Waals surface area contributed by atoms with Crippen molar-refractivity contribution in [3.8, 4) is 0 Å². The maximum Gasteiger partial charge on any atom is 0.416 e. The molecular formula is C23H21F9N2O3. The molecule has 0 radical (unpaired) electrons. The van der Waals surface area contributed by atoms with E-state index >= 15 is 0 Å². The second-order valence-electron chi connectivity index (χ2n) is 8.42. The molecule has 5 nitrogen and oxygen atoms in total. The Bertz CT molecular complexity index is 1100. The van der Waals surface area contributed by atoms with Gasteiger partial charge in [-0.3, -0.25) is 4.90 Å². The van der Waals surface area contributed by atoms with Crippen molar-refractivity contribution in [2.45, 2.75) is 50.0 Å². The number of fused-ring (bicyclic) bond motifs is 1. The Balaban J connectivity index is 2.14. The number of hydrogen-bond donors (Lipinski definition) is 2. The number of amides is 1. The van der Waals surface area contributed by atoms with Gasteiger partial charge in [-0.1, -0.05) is 0 Å². The summed E-state index contributed by atoms with van der Waals surface area (Å²) in [4.78, 5) is 13.5. The van der Waals surface area contributed by atoms with Crippen LogP contribution in [0.25, 0.3) is 0 Å². The zero-order valence-electron chi connectivity index (χ0n) is 19.1. The largest absolute Gasteiger partial charge is 0.453 e. The van der Waals surface area contributed by atoms with E-state index in [0.717, 1.165) is 30.2 Å². The molecule has 0 aliphatic carbocycles. The lowest BCUT2D eigenvalue weighted by atomic mass is 9.89. The third kappa shape index (κ3) is 6.59. The molecule has 0 bridgehead atoms. The van der Waals surface area contributed by atoms with E-state index in [4.69, 9.17) is 4.74 Å². The van der Waals surface area contributed by atoms with Crippen molar-refractivity contribution in [2.75, 3.05) is 19.0 Å². The summed E-state index contributed by atoms with van der Waals surface area (Å²) in [7, 11) is 0.919. The van der Waals surface area contributed by atoms with Crippen molar-refractivity contribution in [1.29, 1.82) is 0 Å². The average Bonchev–Trinajstić information content (AvgIpc) is 2.79. The fourth-order valence-electron chi connectivity index (χ4n) is 4.19. The third-order valence-corrected chi connectivity index (χ3v) is 5.87. The van der Waals surface area contributed by atoms with Crippen LogP contribution in [0.15, 0.2) is 36.4 Å². The minimum absolute atomic E-state index is 0.0579. The second kappa shape index (κ2) is 10.3. The van der Waals surface area contributed by atoms with Crippen molar-refractivity contribution < 1.29 is 54.2 Å². The van der Waals surface area contributed by atoms with Gasteiger partial charge in [-0.2, -0.15) is 39.5 Å². The van der Waals surface area contributed by atoms with Crippen LogP contribution in [0.5, 0.6) is 0 Å². The van der Waals surface area contributed by atoms with Gasteiger partial charge >= 0.3 is 24.6 Å². The van der Waals surface area contributed by atoms with Crippen LogP contribution in [0.2, 0.25) is 0 Å². The van der Waals surface area contributed by atoms with Crippen LogP contribution in [0.1, 0.15) is 46.7 Å². The fourth-order valence-corrected chi connectivity index (χ4v) is 4.19. The molecule has 2 atom stereocenters. The van der Waals surface area contributed by atoms with E-state index in [2.05, 4.69) is 5.32 Å². The van der Waals surface area contributed by atoms with Gasteiger partial charge in [-0.25, -0.2) is 4.79 Å². The van der Waals surface area contributed by atoms with Crippen molar-refractivity contribution in [1.82, 2.24) is 4.90 Å². The number of rotatable bonds is 5. The molecule has 2 aromatic rings. The number of methoxy groups -OCH3 is 1. The number of anilines is 1. The molecule has 0 fully saturated rings. The van der Waals surface area contributed by atoms with Gasteiger partial charge in [-0.15, -0.1) is 0 Å². The highest BCUT2D eigenvalue weighted by molar-refractivity contribution is 5.70. The fraction of sp³-hybridized carbons (Fsp3) is 0.435. The third-order valence-electron chi connectivity index (χ3n) is 5.87. The van der Waals surface area contributed by atoms with Gasteiger partial charge in [0.05, 0.1) is 29.8 Å². The minimum Gasteiger partial charge on any atom is -0.453 e. The molecule has 1 aliphatic heterocycles. The summed E-state index contributed by atoms with van der Waals surface area (Å²) in [6.07, 6.45) is -16.2. The predicted molar refractivity (Wildman–Crippen MR) is 112 cm³/mol. The smallest absolute Gasteiger partial charge is 0.416 e. The number of halogens is 9. The summed E-state index contributed by atoms with van der Waals surface area (Å²) < 4.78 is 125. The van der Waals surface area contributed by atoms with Crippen molar-refractivity contribution in [3.05, 3.63) is 64.2 Å². The number of carbonyl (C=O) groups excluding carboxylic acids is 1. The van der Waals surface area contributed by atoms with Crippen molar-refractivity contribution >= 4 is 11.8 Å². The number of ether oxygens (including phenoxy) is 1. The number of carbonyl (C=O) groups is 1. The van der Waals surface area contributed by atoms with Gasteiger partial charge in [-0.05, 0) is 60.4 Å². The maximum absolute atomic E-state index is 13.4. The van der Waals surface area contributed by atoms with Gasteiger partial charge in [0.2, 0.25) is 0 Å². The first-order valence-corrected chi connectivity index (χ1v) is 10.8. The first-order chi connectivity index (χ1) is 17.0. The zero-order chi connectivity index (χ0) is 27.8. The molecule has 14 heteroatoms. The first-order valence-electron chi connectivity index (χ1n) is 10.8. The highest BCUT2D eigenvalue weighted by atomic mass is 19.4. The SMILES string of the molecule is COC(=O)N(Cc1cc(C(F)(F)F)cc(C(F)(F)F)c1)C1CC(CCO)Nc2ccc(C(F)(F)F)cc21. The molecule has 204 valence electrons. The zero-order valence-corrected chi connectivity index (χ0v) is 19.1. The number of nitrogens with one attached hydrogen (secondary N) is 1. The summed E-state index contributed by atoms with van der Waals surface area (Å²) in [5.74, 6) is 0. The highest BCUT2D eigenvalue weighted by Gasteiger charge is 2.40. The number of nitrogens with zero attached hydrogens (tertiary/aromatic N) is 1. The quantitative estimate of drug-likeness (QED) is 0.416. The lowest BCUT2D eigenvalue weighted by Gasteiger charge is -2.39. The number of hydrogen-bond acceptors (Lipinski definition) is 4. The predicted octanol–water partition coefficient (Wildman–Crippen LogP) is 6.62. The van der Waals surface area contributed by atoms with Crippen LogP contribution in [0.4, 0.5) is 50.0 Å². The molecular weight excluding hydrogens is 523 g/mol. The van der Waals surface area contributed by atoms with Crippen molar-refractivity contribution in [2.24, 2.45) is 0 Å². The Labute approximate surface area is 204 Å². The molecule has 0 saturated carbocycles. The number of aliphatic hydroxyl groups excluding tert-OH is 1. The average molecular weight is 544 g/mol. The summed E-state index contributed by atoms with van der Waals surface area (Å²) in [6.45, 7) is -1.16. The van der Waals surface area contributed by atoms with Crippen molar-refractivity contribution in [3.63, 3.8) is 0 Å². The van der Waals surface area contributed by atoms with Crippen LogP contribution in [-0.2, 0) is 29.8 Å². The van der Waals surface area contributed by atoms with E-state index in [1.807, 2.05) is 0 Å². The van der Waals surface area contributed by atoms with Crippen LogP contribution in [0, 0.1) is 0 Å². The van der Waals surface area contributed by atoms with Crippen LogP contribution < -0.4 is 5.32 Å². The van der Waals surface area contributed by atoms with E-state index < -0.39 is 65.5 Å². The van der Waals surface area contributed by atoms with Crippen LogP contribution in [0.3, 0.4) is 0 Å². The van der Waals surface area contributed by atoms with Gasteiger partial charge < -0.3 is 15.2 Å². The highest BCUT2D eigenvalue weighted by Crippen LogP contribution is 2.43. The molecule has 3 rings (SSSR count). The molecule has 2 aromatic carbocycles. The van der Waals surface area contributed by atoms with E-state index in [1.165, 1.54) is 0 Å². The Kier molecular flexibility index (Phi) is 7.91. The van der Waals surface area contributed by atoms with Gasteiger partial charge in [0.1, 0.15) is 0 Å². The Morgan fingerprint density at radius 2 is 1.51 bits per heavy atom. The Morgan fingerprint density at radius 3 is 2.00 bits per heavy atom. The molecule has 37 heavy (non-hydrogen) atoms. The molecule has 0 spiro atoms. The molecule has 1 aliphatic rings.